The molecule has 166 valence electrons. The molecule has 2 saturated heterocycles. The summed E-state index contributed by atoms with van der Waals surface area (Å²) in [7, 11) is 7.11. The van der Waals surface area contributed by atoms with E-state index in [1.165, 1.54) is 6.42 Å². The number of rotatable bonds is 14. The highest BCUT2D eigenvalue weighted by Crippen LogP contribution is 2.28. The summed E-state index contributed by atoms with van der Waals surface area (Å²) >= 11 is 0. The van der Waals surface area contributed by atoms with Crippen LogP contribution in [0.2, 0.25) is 0 Å². The Morgan fingerprint density at radius 2 is 1.46 bits per heavy atom. The summed E-state index contributed by atoms with van der Waals surface area (Å²) < 4.78 is 27.8. The quantitative estimate of drug-likeness (QED) is 0.436. The first-order valence-electron chi connectivity index (χ1n) is 10.7. The van der Waals surface area contributed by atoms with Crippen molar-refractivity contribution in [1.82, 2.24) is 9.80 Å². The first-order chi connectivity index (χ1) is 13.6. The van der Waals surface area contributed by atoms with Gasteiger partial charge >= 0.3 is 0 Å². The zero-order chi connectivity index (χ0) is 20.4. The van der Waals surface area contributed by atoms with Crippen molar-refractivity contribution in [3.8, 4) is 0 Å². The lowest BCUT2D eigenvalue weighted by Gasteiger charge is -2.26. The van der Waals surface area contributed by atoms with Crippen LogP contribution in [-0.4, -0.2) is 115 Å². The highest BCUT2D eigenvalue weighted by Gasteiger charge is 2.34. The van der Waals surface area contributed by atoms with Crippen LogP contribution in [0, 0.1) is 5.92 Å². The Bertz CT molecular complexity index is 414. The molecule has 0 aliphatic carbocycles. The Morgan fingerprint density at radius 3 is 2.07 bits per heavy atom. The SMILES string of the molecule is COCCN1CC(CC(C)OC[C@@H]2C[C@@H](OC)CN2CCOC)C[C@H]1COC. The van der Waals surface area contributed by atoms with Crippen LogP contribution in [0.1, 0.15) is 26.2 Å². The maximum absolute atomic E-state index is 6.29. The largest absolute Gasteiger partial charge is 0.383 e. The Balaban J connectivity index is 1.75. The molecule has 2 unspecified atom stereocenters. The van der Waals surface area contributed by atoms with Gasteiger partial charge in [-0.1, -0.05) is 0 Å². The van der Waals surface area contributed by atoms with E-state index in [1.54, 1.807) is 28.4 Å². The van der Waals surface area contributed by atoms with Gasteiger partial charge in [-0.3, -0.25) is 9.80 Å². The molecular formula is C21H42N2O5. The molecule has 5 atom stereocenters. The number of nitrogens with zero attached hydrogens (tertiary/aromatic N) is 2. The molecule has 0 spiro atoms. The molecule has 2 aliphatic heterocycles. The molecule has 28 heavy (non-hydrogen) atoms. The fraction of sp³-hybridized carbons (Fsp3) is 1.00. The van der Waals surface area contributed by atoms with Gasteiger partial charge in [0.25, 0.3) is 0 Å². The monoisotopic (exact) mass is 402 g/mol. The fourth-order valence-electron chi connectivity index (χ4n) is 4.69. The van der Waals surface area contributed by atoms with E-state index in [0.29, 0.717) is 24.1 Å². The second kappa shape index (κ2) is 13.1. The molecular weight excluding hydrogens is 360 g/mol. The average molecular weight is 403 g/mol. The fourth-order valence-corrected chi connectivity index (χ4v) is 4.69. The molecule has 0 bridgehead atoms. The summed E-state index contributed by atoms with van der Waals surface area (Å²) in [6, 6.07) is 0.921. The van der Waals surface area contributed by atoms with Crippen LogP contribution in [-0.2, 0) is 23.7 Å². The second-order valence-electron chi connectivity index (χ2n) is 8.31. The molecule has 0 radical (unpaired) electrons. The molecule has 2 rings (SSSR count). The van der Waals surface area contributed by atoms with E-state index in [1.807, 2.05) is 0 Å². The molecule has 0 aromatic rings. The van der Waals surface area contributed by atoms with E-state index in [0.717, 1.165) is 65.4 Å². The molecule has 0 amide bonds. The number of methoxy groups -OCH3 is 4. The first kappa shape index (κ1) is 24.0. The molecule has 2 aliphatic rings. The maximum Gasteiger partial charge on any atom is 0.0714 e. The van der Waals surface area contributed by atoms with Crippen LogP contribution in [0.4, 0.5) is 0 Å². The Labute approximate surface area is 171 Å². The van der Waals surface area contributed by atoms with Gasteiger partial charge in [0.05, 0.1) is 38.6 Å². The van der Waals surface area contributed by atoms with Crippen LogP contribution >= 0.6 is 0 Å². The molecule has 7 nitrogen and oxygen atoms in total. The standard InChI is InChI=1S/C21H42N2O5/c1-17(10-18-11-19(15-26-4)22(13-18)6-8-24-2)28-16-20-12-21(27-5)14-23(20)7-9-25-3/h17-21H,6-16H2,1-5H3/t17?,18?,19-,20-,21+/m0/s1. The predicted octanol–water partition coefficient (Wildman–Crippen LogP) is 1.50. The van der Waals surface area contributed by atoms with Gasteiger partial charge in [0.15, 0.2) is 0 Å². The van der Waals surface area contributed by atoms with Gasteiger partial charge in [-0.25, -0.2) is 0 Å². The van der Waals surface area contributed by atoms with Crippen molar-refractivity contribution in [2.75, 3.05) is 81.0 Å². The van der Waals surface area contributed by atoms with E-state index in [9.17, 15) is 0 Å². The summed E-state index contributed by atoms with van der Waals surface area (Å²) in [4.78, 5) is 4.96. The maximum atomic E-state index is 6.29. The van der Waals surface area contributed by atoms with Crippen molar-refractivity contribution in [2.24, 2.45) is 5.92 Å². The third-order valence-electron chi connectivity index (χ3n) is 6.20. The van der Waals surface area contributed by atoms with Crippen LogP contribution in [0.3, 0.4) is 0 Å². The Kier molecular flexibility index (Phi) is 11.2. The molecule has 2 heterocycles. The molecule has 0 aromatic heterocycles. The van der Waals surface area contributed by atoms with Crippen LogP contribution in [0.25, 0.3) is 0 Å². The normalized spacial score (nSPS) is 30.3. The van der Waals surface area contributed by atoms with Crippen molar-refractivity contribution in [1.29, 1.82) is 0 Å². The molecule has 0 aromatic carbocycles. The van der Waals surface area contributed by atoms with Crippen molar-refractivity contribution < 1.29 is 23.7 Å². The minimum absolute atomic E-state index is 0.265. The van der Waals surface area contributed by atoms with E-state index >= 15 is 0 Å². The minimum atomic E-state index is 0.265. The second-order valence-corrected chi connectivity index (χ2v) is 8.31. The number of hydrogen-bond donors (Lipinski definition) is 0. The van der Waals surface area contributed by atoms with Gasteiger partial charge in [-0.2, -0.15) is 0 Å². The minimum Gasteiger partial charge on any atom is -0.383 e. The zero-order valence-electron chi connectivity index (χ0n) is 18.6. The number of ether oxygens (including phenoxy) is 5. The highest BCUT2D eigenvalue weighted by atomic mass is 16.5. The van der Waals surface area contributed by atoms with Gasteiger partial charge < -0.3 is 23.7 Å². The number of hydrogen-bond acceptors (Lipinski definition) is 7. The van der Waals surface area contributed by atoms with Crippen LogP contribution < -0.4 is 0 Å². The van der Waals surface area contributed by atoms with Gasteiger partial charge in [-0.15, -0.1) is 0 Å². The van der Waals surface area contributed by atoms with E-state index in [4.69, 9.17) is 23.7 Å². The lowest BCUT2D eigenvalue weighted by atomic mass is 9.99. The Hall–Kier alpha value is -0.280. The highest BCUT2D eigenvalue weighted by molar-refractivity contribution is 4.88. The summed E-state index contributed by atoms with van der Waals surface area (Å²) in [6.45, 7) is 9.31. The lowest BCUT2D eigenvalue weighted by molar-refractivity contribution is 0.0118. The van der Waals surface area contributed by atoms with E-state index < -0.39 is 0 Å². The van der Waals surface area contributed by atoms with Crippen LogP contribution in [0.5, 0.6) is 0 Å². The lowest BCUT2D eigenvalue weighted by Crippen LogP contribution is -2.37. The van der Waals surface area contributed by atoms with E-state index in [2.05, 4.69) is 16.7 Å². The predicted molar refractivity (Wildman–Crippen MR) is 110 cm³/mol. The zero-order valence-corrected chi connectivity index (χ0v) is 18.6. The summed E-state index contributed by atoms with van der Waals surface area (Å²) in [5, 5.41) is 0. The number of likely N-dealkylation sites (tertiary alicyclic amines) is 2. The summed E-state index contributed by atoms with van der Waals surface area (Å²) in [5.41, 5.74) is 0. The molecule has 0 saturated carbocycles. The van der Waals surface area contributed by atoms with Gasteiger partial charge in [0, 0.05) is 66.7 Å². The van der Waals surface area contributed by atoms with Gasteiger partial charge in [-0.05, 0) is 32.1 Å². The smallest absolute Gasteiger partial charge is 0.0714 e. The molecule has 2 fully saturated rings. The Morgan fingerprint density at radius 1 is 0.821 bits per heavy atom. The van der Waals surface area contributed by atoms with Crippen molar-refractivity contribution >= 4 is 0 Å². The first-order valence-corrected chi connectivity index (χ1v) is 10.7. The van der Waals surface area contributed by atoms with Crippen molar-refractivity contribution in [3.63, 3.8) is 0 Å². The average Bonchev–Trinajstić information content (AvgIpc) is 3.26. The molecule has 7 heteroatoms. The van der Waals surface area contributed by atoms with Crippen LogP contribution in [0.15, 0.2) is 0 Å². The molecule has 0 N–H and O–H groups in total. The third-order valence-corrected chi connectivity index (χ3v) is 6.20. The topological polar surface area (TPSA) is 52.6 Å². The van der Waals surface area contributed by atoms with Gasteiger partial charge in [0.2, 0.25) is 0 Å². The van der Waals surface area contributed by atoms with Crippen molar-refractivity contribution in [2.45, 2.75) is 50.5 Å². The van der Waals surface area contributed by atoms with Crippen molar-refractivity contribution in [3.05, 3.63) is 0 Å². The van der Waals surface area contributed by atoms with E-state index in [-0.39, 0.29) is 6.10 Å². The summed E-state index contributed by atoms with van der Waals surface area (Å²) in [5.74, 6) is 0.659. The van der Waals surface area contributed by atoms with Gasteiger partial charge in [0.1, 0.15) is 0 Å². The third kappa shape index (κ3) is 7.52. The summed E-state index contributed by atoms with van der Waals surface area (Å²) in [6.07, 6.45) is 3.89.